The fourth-order valence-corrected chi connectivity index (χ4v) is 3.17. The molecule has 1 atom stereocenters. The van der Waals surface area contributed by atoms with Crippen LogP contribution in [0.25, 0.3) is 0 Å². The summed E-state index contributed by atoms with van der Waals surface area (Å²) in [4.78, 5) is 23.9. The van der Waals surface area contributed by atoms with Gasteiger partial charge in [0.15, 0.2) is 0 Å². The molecule has 0 aliphatic rings. The van der Waals surface area contributed by atoms with Crippen LogP contribution in [0.4, 0.5) is 0 Å². The molecule has 2 aromatic carbocycles. The van der Waals surface area contributed by atoms with Crippen LogP contribution < -0.4 is 10.1 Å². The number of carbonyl (C=O) groups is 2. The predicted molar refractivity (Wildman–Crippen MR) is 117 cm³/mol. The summed E-state index contributed by atoms with van der Waals surface area (Å²) < 4.78 is 5.81. The first-order valence-corrected chi connectivity index (χ1v) is 10.5. The average molecular weight is 396 g/mol. The molecule has 0 bridgehead atoms. The highest BCUT2D eigenvalue weighted by Gasteiger charge is 2.11. The molecule has 29 heavy (non-hydrogen) atoms. The predicted octanol–water partition coefficient (Wildman–Crippen LogP) is 5.07. The van der Waals surface area contributed by atoms with Gasteiger partial charge in [-0.3, -0.25) is 9.59 Å². The Bertz CT molecular complexity index is 753. The van der Waals surface area contributed by atoms with Crippen LogP contribution in [0.5, 0.6) is 5.75 Å². The Morgan fingerprint density at radius 1 is 0.931 bits per heavy atom. The largest absolute Gasteiger partial charge is 0.494 e. The van der Waals surface area contributed by atoms with Gasteiger partial charge >= 0.3 is 0 Å². The van der Waals surface area contributed by atoms with E-state index in [4.69, 9.17) is 4.74 Å². The summed E-state index contributed by atoms with van der Waals surface area (Å²) in [6.45, 7) is 7.46. The summed E-state index contributed by atoms with van der Waals surface area (Å²) in [6, 6.07) is 17.2. The van der Waals surface area contributed by atoms with Crippen molar-refractivity contribution < 1.29 is 14.3 Å². The molecule has 0 aliphatic carbocycles. The third kappa shape index (κ3) is 8.95. The molecule has 0 heterocycles. The highest BCUT2D eigenvalue weighted by atomic mass is 16.5. The lowest BCUT2D eigenvalue weighted by Gasteiger charge is -2.13. The zero-order valence-electron chi connectivity index (χ0n) is 17.8. The van der Waals surface area contributed by atoms with Gasteiger partial charge in [0.2, 0.25) is 0 Å². The second-order valence-corrected chi connectivity index (χ2v) is 8.10. The van der Waals surface area contributed by atoms with E-state index in [0.717, 1.165) is 24.2 Å². The van der Waals surface area contributed by atoms with Crippen LogP contribution in [-0.4, -0.2) is 24.8 Å². The topological polar surface area (TPSA) is 55.4 Å². The Hall–Kier alpha value is -2.62. The lowest BCUT2D eigenvalue weighted by Crippen LogP contribution is -2.25. The van der Waals surface area contributed by atoms with E-state index in [-0.39, 0.29) is 5.91 Å². The molecule has 0 aromatic heterocycles. The Labute approximate surface area is 174 Å². The van der Waals surface area contributed by atoms with Crippen LogP contribution in [0.2, 0.25) is 0 Å². The zero-order valence-corrected chi connectivity index (χ0v) is 17.8. The number of amides is 1. The summed E-state index contributed by atoms with van der Waals surface area (Å²) in [5.74, 6) is 1.90. The van der Waals surface area contributed by atoms with Crippen molar-refractivity contribution in [2.24, 2.45) is 11.8 Å². The molecule has 1 amide bonds. The third-order valence-electron chi connectivity index (χ3n) is 4.75. The highest BCUT2D eigenvalue weighted by Crippen LogP contribution is 2.16. The van der Waals surface area contributed by atoms with E-state index in [2.05, 4.69) is 26.1 Å². The van der Waals surface area contributed by atoms with Gasteiger partial charge in [-0.1, -0.05) is 51.1 Å². The van der Waals surface area contributed by atoms with Gasteiger partial charge in [-0.25, -0.2) is 0 Å². The molecule has 0 spiro atoms. The molecular formula is C25H33NO3. The summed E-state index contributed by atoms with van der Waals surface area (Å²) in [5, 5.41) is 2.94. The Balaban J connectivity index is 1.65. The van der Waals surface area contributed by atoms with Crippen molar-refractivity contribution in [1.82, 2.24) is 5.32 Å². The van der Waals surface area contributed by atoms with Crippen molar-refractivity contribution in [2.45, 2.75) is 46.5 Å². The minimum absolute atomic E-state index is 0.0495. The van der Waals surface area contributed by atoms with E-state index >= 15 is 0 Å². The van der Waals surface area contributed by atoms with Gasteiger partial charge in [-0.15, -0.1) is 0 Å². The van der Waals surface area contributed by atoms with Gasteiger partial charge in [0.05, 0.1) is 6.61 Å². The molecule has 4 nitrogen and oxygen atoms in total. The molecule has 156 valence electrons. The first-order valence-electron chi connectivity index (χ1n) is 10.5. The molecular weight excluding hydrogens is 362 g/mol. The van der Waals surface area contributed by atoms with E-state index < -0.39 is 0 Å². The van der Waals surface area contributed by atoms with E-state index in [1.165, 1.54) is 0 Å². The normalized spacial score (nSPS) is 11.9. The lowest BCUT2D eigenvalue weighted by molar-refractivity contribution is -0.120. The molecule has 0 aliphatic heterocycles. The van der Waals surface area contributed by atoms with Crippen molar-refractivity contribution in [2.75, 3.05) is 13.2 Å². The molecule has 1 unspecified atom stereocenters. The fourth-order valence-electron chi connectivity index (χ4n) is 3.17. The van der Waals surface area contributed by atoms with Gasteiger partial charge in [-0.05, 0) is 54.5 Å². The lowest BCUT2D eigenvalue weighted by atomic mass is 9.96. The minimum atomic E-state index is -0.0495. The van der Waals surface area contributed by atoms with Gasteiger partial charge in [-0.2, -0.15) is 0 Å². The number of rotatable bonds is 12. The van der Waals surface area contributed by atoms with Crippen molar-refractivity contribution in [3.05, 3.63) is 65.7 Å². The molecule has 1 N–H and O–H groups in total. The average Bonchev–Trinajstić information content (AvgIpc) is 2.69. The van der Waals surface area contributed by atoms with Gasteiger partial charge in [0, 0.05) is 24.9 Å². The van der Waals surface area contributed by atoms with Crippen LogP contribution in [-0.2, 0) is 11.2 Å². The molecule has 0 saturated carbocycles. The number of carbonyl (C=O) groups excluding carboxylic acids is 2. The van der Waals surface area contributed by atoms with Crippen molar-refractivity contribution in [3.8, 4) is 5.75 Å². The van der Waals surface area contributed by atoms with E-state index in [1.807, 2.05) is 54.6 Å². The van der Waals surface area contributed by atoms with E-state index in [1.54, 1.807) is 0 Å². The molecule has 0 fully saturated rings. The van der Waals surface area contributed by atoms with Crippen molar-refractivity contribution >= 4 is 11.7 Å². The molecule has 2 rings (SSSR count). The SMILES string of the molecule is CC(C)CC(=O)CC(C)CCOc1ccc(CCNC(=O)c2ccccc2)cc1. The van der Waals surface area contributed by atoms with Crippen molar-refractivity contribution in [1.29, 1.82) is 0 Å². The maximum atomic E-state index is 12.0. The van der Waals surface area contributed by atoms with Crippen LogP contribution in [0.3, 0.4) is 0 Å². The van der Waals surface area contributed by atoms with E-state index in [9.17, 15) is 9.59 Å². The van der Waals surface area contributed by atoms with Gasteiger partial charge in [0.1, 0.15) is 11.5 Å². The van der Waals surface area contributed by atoms with Crippen LogP contribution >= 0.6 is 0 Å². The molecule has 2 aromatic rings. The Morgan fingerprint density at radius 3 is 2.28 bits per heavy atom. The van der Waals surface area contributed by atoms with Crippen molar-refractivity contribution in [3.63, 3.8) is 0 Å². The van der Waals surface area contributed by atoms with Crippen LogP contribution in [0.1, 0.15) is 56.0 Å². The first kappa shape index (κ1) is 22.7. The third-order valence-corrected chi connectivity index (χ3v) is 4.75. The standard InChI is InChI=1S/C25H33NO3/c1-19(2)17-23(27)18-20(3)14-16-29-24-11-9-21(10-12-24)13-15-26-25(28)22-7-5-4-6-8-22/h4-12,19-20H,13-18H2,1-3H3,(H,26,28). The maximum Gasteiger partial charge on any atom is 0.251 e. The summed E-state index contributed by atoms with van der Waals surface area (Å²) in [5.41, 5.74) is 1.83. The second-order valence-electron chi connectivity index (χ2n) is 8.10. The van der Waals surface area contributed by atoms with Gasteiger partial charge in [0.25, 0.3) is 5.91 Å². The van der Waals surface area contributed by atoms with Crippen LogP contribution in [0, 0.1) is 11.8 Å². The quantitative estimate of drug-likeness (QED) is 0.546. The van der Waals surface area contributed by atoms with Crippen LogP contribution in [0.15, 0.2) is 54.6 Å². The summed E-state index contributed by atoms with van der Waals surface area (Å²) in [6.07, 6.45) is 2.94. The highest BCUT2D eigenvalue weighted by molar-refractivity contribution is 5.94. The zero-order chi connectivity index (χ0) is 21.1. The molecule has 0 radical (unpaired) electrons. The van der Waals surface area contributed by atoms with Gasteiger partial charge < -0.3 is 10.1 Å². The number of benzene rings is 2. The Kier molecular flexibility index (Phi) is 9.42. The minimum Gasteiger partial charge on any atom is -0.494 e. The number of ether oxygens (including phenoxy) is 1. The monoisotopic (exact) mass is 395 g/mol. The number of hydrogen-bond donors (Lipinski definition) is 1. The second kappa shape index (κ2) is 12.1. The van der Waals surface area contributed by atoms with E-state index in [0.29, 0.717) is 49.2 Å². The summed E-state index contributed by atoms with van der Waals surface area (Å²) in [7, 11) is 0. The summed E-state index contributed by atoms with van der Waals surface area (Å²) >= 11 is 0. The fraction of sp³-hybridized carbons (Fsp3) is 0.440. The molecule has 0 saturated heterocycles. The smallest absolute Gasteiger partial charge is 0.251 e. The first-order chi connectivity index (χ1) is 13.9. The maximum absolute atomic E-state index is 12.0. The number of Topliss-reactive ketones (excluding diaryl/α,β-unsaturated/α-hetero) is 1. The number of ketones is 1. The Morgan fingerprint density at radius 2 is 1.62 bits per heavy atom. The number of hydrogen-bond acceptors (Lipinski definition) is 3. The number of nitrogens with one attached hydrogen (secondary N) is 1. The molecule has 4 heteroatoms.